The molecule has 2 aromatic rings. The van der Waals surface area contributed by atoms with Crippen LogP contribution in [0.4, 0.5) is 0 Å². The predicted octanol–water partition coefficient (Wildman–Crippen LogP) is 2.65. The largest absolute Gasteiger partial charge is 0.494 e. The highest BCUT2D eigenvalue weighted by atomic mass is 16.5. The van der Waals surface area contributed by atoms with Crippen molar-refractivity contribution < 1.29 is 4.74 Å². The molecule has 1 aromatic heterocycles. The van der Waals surface area contributed by atoms with E-state index >= 15 is 0 Å². The van der Waals surface area contributed by atoms with E-state index < -0.39 is 0 Å². The molecule has 0 unspecified atom stereocenters. The van der Waals surface area contributed by atoms with Crippen LogP contribution >= 0.6 is 0 Å². The summed E-state index contributed by atoms with van der Waals surface area (Å²) >= 11 is 0. The van der Waals surface area contributed by atoms with Crippen molar-refractivity contribution in [2.45, 2.75) is 20.4 Å². The molecule has 2 rings (SSSR count). The molecule has 3 nitrogen and oxygen atoms in total. The molecule has 0 amide bonds. The molecule has 0 fully saturated rings. The van der Waals surface area contributed by atoms with Crippen LogP contribution in [0.15, 0.2) is 30.5 Å². The number of benzene rings is 1. The first-order valence-corrected chi connectivity index (χ1v) is 6.27. The number of nitrogens with one attached hydrogen (secondary N) is 1. The van der Waals surface area contributed by atoms with Gasteiger partial charge in [-0.05, 0) is 37.7 Å². The van der Waals surface area contributed by atoms with Crippen molar-refractivity contribution in [1.29, 1.82) is 0 Å². The van der Waals surface area contributed by atoms with Gasteiger partial charge in [-0.25, -0.2) is 0 Å². The number of nitrogens with zero attached hydrogens (tertiary/aromatic N) is 1. The first-order chi connectivity index (χ1) is 8.35. The van der Waals surface area contributed by atoms with Crippen LogP contribution in [0.3, 0.4) is 0 Å². The summed E-state index contributed by atoms with van der Waals surface area (Å²) < 4.78 is 7.77. The Kier molecular flexibility index (Phi) is 4.04. The Balaban J connectivity index is 2.16. The van der Waals surface area contributed by atoms with Gasteiger partial charge < -0.3 is 14.6 Å². The van der Waals surface area contributed by atoms with E-state index in [9.17, 15) is 0 Å². The molecule has 0 spiro atoms. The van der Waals surface area contributed by atoms with E-state index in [2.05, 4.69) is 41.2 Å². The molecule has 92 valence electrons. The lowest BCUT2D eigenvalue weighted by molar-refractivity contribution is 0.340. The number of ether oxygens (including phenoxy) is 1. The third-order valence-corrected chi connectivity index (χ3v) is 2.83. The number of aromatic nitrogens is 1. The monoisotopic (exact) mass is 232 g/mol. The Morgan fingerprint density at radius 1 is 1.24 bits per heavy atom. The molecule has 1 heterocycles. The third kappa shape index (κ3) is 2.80. The van der Waals surface area contributed by atoms with Gasteiger partial charge in [0.15, 0.2) is 0 Å². The molecule has 0 aliphatic carbocycles. The number of fused-ring (bicyclic) bond motifs is 1. The molecule has 0 atom stereocenters. The fourth-order valence-electron chi connectivity index (χ4n) is 2.01. The summed E-state index contributed by atoms with van der Waals surface area (Å²) in [6.45, 7) is 7.88. The van der Waals surface area contributed by atoms with Gasteiger partial charge in [0, 0.05) is 30.2 Å². The Morgan fingerprint density at radius 3 is 2.88 bits per heavy atom. The van der Waals surface area contributed by atoms with Crippen LogP contribution in [-0.2, 0) is 6.54 Å². The SMILES string of the molecule is CCNCCn1ccc2cc(OCC)ccc21. The van der Waals surface area contributed by atoms with Crippen molar-refractivity contribution in [3.63, 3.8) is 0 Å². The van der Waals surface area contributed by atoms with Crippen LogP contribution in [0.1, 0.15) is 13.8 Å². The zero-order chi connectivity index (χ0) is 12.1. The minimum atomic E-state index is 0.715. The molecule has 0 aliphatic rings. The summed E-state index contributed by atoms with van der Waals surface area (Å²) in [5.41, 5.74) is 1.27. The van der Waals surface area contributed by atoms with E-state index in [1.807, 2.05) is 13.0 Å². The summed E-state index contributed by atoms with van der Waals surface area (Å²) in [6, 6.07) is 8.41. The zero-order valence-corrected chi connectivity index (χ0v) is 10.6. The molecular weight excluding hydrogens is 212 g/mol. The Hall–Kier alpha value is -1.48. The number of hydrogen-bond donors (Lipinski definition) is 1. The summed E-state index contributed by atoms with van der Waals surface area (Å²) in [6.07, 6.45) is 2.14. The average Bonchev–Trinajstić information content (AvgIpc) is 2.73. The molecule has 17 heavy (non-hydrogen) atoms. The Morgan fingerprint density at radius 2 is 2.12 bits per heavy atom. The lowest BCUT2D eigenvalue weighted by Gasteiger charge is -2.07. The van der Waals surface area contributed by atoms with Crippen molar-refractivity contribution in [3.05, 3.63) is 30.5 Å². The first-order valence-electron chi connectivity index (χ1n) is 6.27. The maximum Gasteiger partial charge on any atom is 0.120 e. The van der Waals surface area contributed by atoms with E-state index in [0.717, 1.165) is 25.4 Å². The fourth-order valence-corrected chi connectivity index (χ4v) is 2.01. The topological polar surface area (TPSA) is 26.2 Å². The van der Waals surface area contributed by atoms with Crippen LogP contribution in [-0.4, -0.2) is 24.3 Å². The van der Waals surface area contributed by atoms with Gasteiger partial charge in [0.25, 0.3) is 0 Å². The second kappa shape index (κ2) is 5.73. The number of likely N-dealkylation sites (N-methyl/N-ethyl adjacent to an activating group) is 1. The van der Waals surface area contributed by atoms with Crippen LogP contribution in [0.2, 0.25) is 0 Å². The maximum absolute atomic E-state index is 5.50. The summed E-state index contributed by atoms with van der Waals surface area (Å²) in [4.78, 5) is 0. The van der Waals surface area contributed by atoms with E-state index in [4.69, 9.17) is 4.74 Å². The average molecular weight is 232 g/mol. The summed E-state index contributed by atoms with van der Waals surface area (Å²) in [7, 11) is 0. The molecule has 0 radical (unpaired) electrons. The molecule has 1 N–H and O–H groups in total. The minimum absolute atomic E-state index is 0.715. The van der Waals surface area contributed by atoms with Crippen LogP contribution in [0.5, 0.6) is 5.75 Å². The van der Waals surface area contributed by atoms with Crippen molar-refractivity contribution in [1.82, 2.24) is 9.88 Å². The second-order valence-corrected chi connectivity index (χ2v) is 4.02. The summed E-state index contributed by atoms with van der Waals surface area (Å²) in [5.74, 6) is 0.949. The van der Waals surface area contributed by atoms with Gasteiger partial charge in [0.2, 0.25) is 0 Å². The lowest BCUT2D eigenvalue weighted by Crippen LogP contribution is -2.18. The standard InChI is InChI=1S/C14H20N2O/c1-3-15-8-10-16-9-7-12-11-13(17-4-2)5-6-14(12)16/h5-7,9,11,15H,3-4,8,10H2,1-2H3. The molecule has 1 aromatic carbocycles. The summed E-state index contributed by atoms with van der Waals surface area (Å²) in [5, 5.41) is 4.58. The first kappa shape index (κ1) is 12.0. The zero-order valence-electron chi connectivity index (χ0n) is 10.6. The van der Waals surface area contributed by atoms with Gasteiger partial charge in [0.1, 0.15) is 5.75 Å². The Bertz CT molecular complexity index is 476. The smallest absolute Gasteiger partial charge is 0.120 e. The van der Waals surface area contributed by atoms with E-state index in [0.29, 0.717) is 6.61 Å². The predicted molar refractivity (Wildman–Crippen MR) is 71.7 cm³/mol. The lowest BCUT2D eigenvalue weighted by atomic mass is 10.2. The Labute approximate surface area is 102 Å². The van der Waals surface area contributed by atoms with Crippen molar-refractivity contribution in [2.75, 3.05) is 19.7 Å². The fraction of sp³-hybridized carbons (Fsp3) is 0.429. The van der Waals surface area contributed by atoms with Crippen molar-refractivity contribution >= 4 is 10.9 Å². The normalized spacial score (nSPS) is 10.9. The molecular formula is C14H20N2O. The molecule has 0 bridgehead atoms. The highest BCUT2D eigenvalue weighted by Crippen LogP contribution is 2.21. The molecule has 0 aliphatic heterocycles. The van der Waals surface area contributed by atoms with Gasteiger partial charge in [-0.1, -0.05) is 6.92 Å². The third-order valence-electron chi connectivity index (χ3n) is 2.83. The highest BCUT2D eigenvalue weighted by Gasteiger charge is 2.02. The van der Waals surface area contributed by atoms with Gasteiger partial charge in [-0.15, -0.1) is 0 Å². The number of rotatable bonds is 6. The minimum Gasteiger partial charge on any atom is -0.494 e. The highest BCUT2D eigenvalue weighted by molar-refractivity contribution is 5.81. The molecule has 0 saturated carbocycles. The second-order valence-electron chi connectivity index (χ2n) is 4.02. The van der Waals surface area contributed by atoms with Crippen LogP contribution in [0.25, 0.3) is 10.9 Å². The number of hydrogen-bond acceptors (Lipinski definition) is 2. The van der Waals surface area contributed by atoms with Gasteiger partial charge in [-0.2, -0.15) is 0 Å². The van der Waals surface area contributed by atoms with Crippen LogP contribution < -0.4 is 10.1 Å². The molecule has 3 heteroatoms. The van der Waals surface area contributed by atoms with Gasteiger partial charge >= 0.3 is 0 Å². The van der Waals surface area contributed by atoms with E-state index in [-0.39, 0.29) is 0 Å². The van der Waals surface area contributed by atoms with Gasteiger partial charge in [-0.3, -0.25) is 0 Å². The van der Waals surface area contributed by atoms with Gasteiger partial charge in [0.05, 0.1) is 6.61 Å². The van der Waals surface area contributed by atoms with E-state index in [1.54, 1.807) is 0 Å². The van der Waals surface area contributed by atoms with Crippen molar-refractivity contribution in [3.8, 4) is 5.75 Å². The molecule has 0 saturated heterocycles. The van der Waals surface area contributed by atoms with Crippen LogP contribution in [0, 0.1) is 0 Å². The quantitative estimate of drug-likeness (QED) is 0.775. The van der Waals surface area contributed by atoms with Crippen molar-refractivity contribution in [2.24, 2.45) is 0 Å². The maximum atomic E-state index is 5.50. The van der Waals surface area contributed by atoms with E-state index in [1.165, 1.54) is 10.9 Å².